The van der Waals surface area contributed by atoms with Crippen molar-refractivity contribution >= 4 is 39.5 Å². The summed E-state index contributed by atoms with van der Waals surface area (Å²) in [5.41, 5.74) is 0.712. The van der Waals surface area contributed by atoms with E-state index in [2.05, 4.69) is 15.9 Å². The SMILES string of the molecule is O=C(c1ccco1)N1CCC2(CC1)SCCN2C(=O)c1ccc(Br)cc1. The van der Waals surface area contributed by atoms with Crippen LogP contribution in [0.2, 0.25) is 0 Å². The van der Waals surface area contributed by atoms with E-state index in [1.165, 1.54) is 6.26 Å². The molecule has 3 heterocycles. The van der Waals surface area contributed by atoms with E-state index >= 15 is 0 Å². The highest BCUT2D eigenvalue weighted by Gasteiger charge is 2.47. The van der Waals surface area contributed by atoms with Crippen molar-refractivity contribution in [1.82, 2.24) is 9.80 Å². The first-order chi connectivity index (χ1) is 12.6. The van der Waals surface area contributed by atoms with Gasteiger partial charge in [0, 0.05) is 35.4 Å². The zero-order valence-corrected chi connectivity index (χ0v) is 16.6. The number of benzene rings is 1. The number of furan rings is 1. The van der Waals surface area contributed by atoms with Crippen LogP contribution in [0.4, 0.5) is 0 Å². The topological polar surface area (TPSA) is 53.8 Å². The third kappa shape index (κ3) is 3.18. The van der Waals surface area contributed by atoms with E-state index in [1.807, 2.05) is 45.8 Å². The second-order valence-electron chi connectivity index (χ2n) is 6.53. The van der Waals surface area contributed by atoms with Crippen LogP contribution < -0.4 is 0 Å². The summed E-state index contributed by atoms with van der Waals surface area (Å²) in [6, 6.07) is 10.9. The molecule has 1 spiro atoms. The van der Waals surface area contributed by atoms with Gasteiger partial charge in [0.1, 0.15) is 0 Å². The molecule has 2 aromatic rings. The normalized spacial score (nSPS) is 19.1. The Balaban J connectivity index is 1.47. The van der Waals surface area contributed by atoms with Crippen molar-refractivity contribution in [3.8, 4) is 0 Å². The molecule has 0 saturated carbocycles. The first-order valence-corrected chi connectivity index (χ1v) is 10.4. The van der Waals surface area contributed by atoms with Crippen molar-refractivity contribution < 1.29 is 14.0 Å². The van der Waals surface area contributed by atoms with Crippen molar-refractivity contribution in [3.05, 3.63) is 58.5 Å². The molecular formula is C19H19BrN2O3S. The van der Waals surface area contributed by atoms with Gasteiger partial charge in [-0.05, 0) is 49.2 Å². The van der Waals surface area contributed by atoms with Gasteiger partial charge in [-0.25, -0.2) is 0 Å². The molecule has 1 aromatic heterocycles. The molecule has 2 amide bonds. The van der Waals surface area contributed by atoms with E-state index < -0.39 is 0 Å². The molecule has 2 fully saturated rings. The molecule has 0 N–H and O–H groups in total. The number of rotatable bonds is 2. The standard InChI is InChI=1S/C19H19BrN2O3S/c20-15-5-3-14(4-6-15)17(23)22-11-13-26-19(22)7-9-21(10-8-19)18(24)16-2-1-12-25-16/h1-6,12H,7-11,13H2. The lowest BCUT2D eigenvalue weighted by Gasteiger charge is -2.44. The molecule has 2 aliphatic heterocycles. The number of likely N-dealkylation sites (tertiary alicyclic amines) is 1. The number of carbonyl (C=O) groups excluding carboxylic acids is 2. The van der Waals surface area contributed by atoms with Gasteiger partial charge in [-0.3, -0.25) is 9.59 Å². The van der Waals surface area contributed by atoms with Crippen molar-refractivity contribution in [2.75, 3.05) is 25.4 Å². The van der Waals surface area contributed by atoms with Gasteiger partial charge in [0.25, 0.3) is 11.8 Å². The van der Waals surface area contributed by atoms with Gasteiger partial charge in [-0.15, -0.1) is 11.8 Å². The first kappa shape index (κ1) is 17.7. The van der Waals surface area contributed by atoms with Gasteiger partial charge in [-0.2, -0.15) is 0 Å². The van der Waals surface area contributed by atoms with Gasteiger partial charge < -0.3 is 14.2 Å². The van der Waals surface area contributed by atoms with Crippen molar-refractivity contribution in [3.63, 3.8) is 0 Å². The Morgan fingerprint density at radius 3 is 2.42 bits per heavy atom. The van der Waals surface area contributed by atoms with Crippen molar-refractivity contribution in [2.24, 2.45) is 0 Å². The van der Waals surface area contributed by atoms with E-state index in [0.29, 0.717) is 24.4 Å². The van der Waals surface area contributed by atoms with E-state index in [0.717, 1.165) is 29.6 Å². The number of thioether (sulfide) groups is 1. The number of carbonyl (C=O) groups is 2. The second kappa shape index (κ2) is 7.12. The van der Waals surface area contributed by atoms with E-state index in [1.54, 1.807) is 12.1 Å². The molecule has 7 heteroatoms. The minimum atomic E-state index is -0.204. The Kier molecular flexibility index (Phi) is 4.84. The van der Waals surface area contributed by atoms with Crippen LogP contribution in [-0.4, -0.2) is 51.9 Å². The smallest absolute Gasteiger partial charge is 0.289 e. The minimum Gasteiger partial charge on any atom is -0.459 e. The molecule has 1 aromatic carbocycles. The summed E-state index contributed by atoms with van der Waals surface area (Å²) in [7, 11) is 0. The maximum Gasteiger partial charge on any atom is 0.289 e. The lowest BCUT2D eigenvalue weighted by Crippen LogP contribution is -2.53. The summed E-state index contributed by atoms with van der Waals surface area (Å²) < 4.78 is 6.19. The van der Waals surface area contributed by atoms with Crippen LogP contribution in [0.1, 0.15) is 33.8 Å². The molecular weight excluding hydrogens is 416 g/mol. The Labute approximate surface area is 164 Å². The van der Waals surface area contributed by atoms with Gasteiger partial charge >= 0.3 is 0 Å². The highest BCUT2D eigenvalue weighted by molar-refractivity contribution is 9.10. The van der Waals surface area contributed by atoms with Gasteiger partial charge in [0.05, 0.1) is 11.1 Å². The molecule has 5 nitrogen and oxygen atoms in total. The number of nitrogens with zero attached hydrogens (tertiary/aromatic N) is 2. The lowest BCUT2D eigenvalue weighted by molar-refractivity contribution is 0.0483. The highest BCUT2D eigenvalue weighted by Crippen LogP contribution is 2.44. The summed E-state index contributed by atoms with van der Waals surface area (Å²) in [5, 5.41) is 0. The quantitative estimate of drug-likeness (QED) is 0.719. The summed E-state index contributed by atoms with van der Waals surface area (Å²) >= 11 is 5.26. The Morgan fingerprint density at radius 1 is 1.04 bits per heavy atom. The maximum atomic E-state index is 13.0. The molecule has 0 atom stereocenters. The summed E-state index contributed by atoms with van der Waals surface area (Å²) in [5.74, 6) is 1.32. The van der Waals surface area contributed by atoms with Gasteiger partial charge in [-0.1, -0.05) is 15.9 Å². The Bertz CT molecular complexity index is 799. The van der Waals surface area contributed by atoms with Gasteiger partial charge in [0.2, 0.25) is 0 Å². The van der Waals surface area contributed by atoms with Crippen molar-refractivity contribution in [1.29, 1.82) is 0 Å². The Morgan fingerprint density at radius 2 is 1.77 bits per heavy atom. The van der Waals surface area contributed by atoms with Crippen LogP contribution in [0.5, 0.6) is 0 Å². The minimum absolute atomic E-state index is 0.0707. The highest BCUT2D eigenvalue weighted by atomic mass is 79.9. The number of hydrogen-bond donors (Lipinski definition) is 0. The monoisotopic (exact) mass is 434 g/mol. The molecule has 0 bridgehead atoms. The molecule has 0 unspecified atom stereocenters. The van der Waals surface area contributed by atoms with Crippen LogP contribution in [-0.2, 0) is 0 Å². The number of hydrogen-bond acceptors (Lipinski definition) is 4. The lowest BCUT2D eigenvalue weighted by atomic mass is 10.0. The second-order valence-corrected chi connectivity index (χ2v) is 8.90. The predicted octanol–water partition coefficient (Wildman–Crippen LogP) is 3.86. The average molecular weight is 435 g/mol. The van der Waals surface area contributed by atoms with Crippen LogP contribution >= 0.6 is 27.7 Å². The largest absolute Gasteiger partial charge is 0.459 e. The molecule has 136 valence electrons. The fraction of sp³-hybridized carbons (Fsp3) is 0.368. The molecule has 0 radical (unpaired) electrons. The van der Waals surface area contributed by atoms with Crippen LogP contribution in [0.3, 0.4) is 0 Å². The molecule has 26 heavy (non-hydrogen) atoms. The zero-order valence-electron chi connectivity index (χ0n) is 14.2. The summed E-state index contributed by atoms with van der Waals surface area (Å²) in [6.07, 6.45) is 3.09. The fourth-order valence-electron chi connectivity index (χ4n) is 3.67. The number of piperidine rings is 1. The third-order valence-corrected chi connectivity index (χ3v) is 7.16. The molecule has 2 saturated heterocycles. The zero-order chi connectivity index (χ0) is 18.1. The first-order valence-electron chi connectivity index (χ1n) is 8.63. The fourth-order valence-corrected chi connectivity index (χ4v) is 5.39. The van der Waals surface area contributed by atoms with E-state index in [4.69, 9.17) is 4.42 Å². The average Bonchev–Trinajstić information content (AvgIpc) is 3.32. The molecule has 2 aliphatic rings. The number of halogens is 1. The van der Waals surface area contributed by atoms with Crippen LogP contribution in [0, 0.1) is 0 Å². The summed E-state index contributed by atoms with van der Waals surface area (Å²) in [4.78, 5) is 29.1. The molecule has 4 rings (SSSR count). The Hall–Kier alpha value is -1.73. The predicted molar refractivity (Wildman–Crippen MR) is 104 cm³/mol. The van der Waals surface area contributed by atoms with Gasteiger partial charge in [0.15, 0.2) is 5.76 Å². The van der Waals surface area contributed by atoms with E-state index in [9.17, 15) is 9.59 Å². The maximum absolute atomic E-state index is 13.0. The molecule has 0 aliphatic carbocycles. The number of amides is 2. The van der Waals surface area contributed by atoms with E-state index in [-0.39, 0.29) is 16.7 Å². The summed E-state index contributed by atoms with van der Waals surface area (Å²) in [6.45, 7) is 2.03. The van der Waals surface area contributed by atoms with Crippen LogP contribution in [0.25, 0.3) is 0 Å². The van der Waals surface area contributed by atoms with Crippen LogP contribution in [0.15, 0.2) is 51.6 Å². The van der Waals surface area contributed by atoms with Crippen molar-refractivity contribution in [2.45, 2.75) is 17.7 Å². The third-order valence-electron chi connectivity index (χ3n) is 5.08.